The van der Waals surface area contributed by atoms with Gasteiger partial charge < -0.3 is 4.90 Å². The van der Waals surface area contributed by atoms with Crippen molar-refractivity contribution in [2.75, 3.05) is 18.5 Å². The second-order valence-corrected chi connectivity index (χ2v) is 4.92. The molecule has 0 heterocycles. The van der Waals surface area contributed by atoms with Crippen LogP contribution in [0.3, 0.4) is 0 Å². The van der Waals surface area contributed by atoms with Gasteiger partial charge in [-0.25, -0.2) is 0 Å². The second-order valence-electron chi connectivity index (χ2n) is 4.00. The molecule has 0 N–H and O–H groups in total. The Kier molecular flexibility index (Phi) is 4.44. The topological polar surface area (TPSA) is 3.24 Å². The van der Waals surface area contributed by atoms with Gasteiger partial charge in [0, 0.05) is 22.8 Å². The first-order valence-corrected chi connectivity index (χ1v) is 6.55. The minimum Gasteiger partial charge on any atom is -0.363 e. The van der Waals surface area contributed by atoms with Crippen molar-refractivity contribution in [3.8, 4) is 11.8 Å². The summed E-state index contributed by atoms with van der Waals surface area (Å²) in [5.41, 5.74) is 2.22. The number of rotatable bonds is 2. The molecule has 0 fully saturated rings. The molecule has 18 heavy (non-hydrogen) atoms. The van der Waals surface area contributed by atoms with Crippen LogP contribution in [0, 0.1) is 11.8 Å². The SMILES string of the molecule is CN(CC#Cc1ccccc1)c1ccc(Br)cc1. The van der Waals surface area contributed by atoms with Crippen molar-refractivity contribution in [2.45, 2.75) is 0 Å². The van der Waals surface area contributed by atoms with E-state index in [1.807, 2.05) is 49.5 Å². The van der Waals surface area contributed by atoms with Crippen molar-refractivity contribution in [3.63, 3.8) is 0 Å². The van der Waals surface area contributed by atoms with E-state index in [2.05, 4.69) is 44.8 Å². The van der Waals surface area contributed by atoms with Crippen molar-refractivity contribution in [2.24, 2.45) is 0 Å². The van der Waals surface area contributed by atoms with E-state index < -0.39 is 0 Å². The molecule has 0 spiro atoms. The first kappa shape index (κ1) is 12.7. The summed E-state index contributed by atoms with van der Waals surface area (Å²) in [6.45, 7) is 0.719. The summed E-state index contributed by atoms with van der Waals surface area (Å²) >= 11 is 3.43. The van der Waals surface area contributed by atoms with E-state index in [4.69, 9.17) is 0 Å². The number of hydrogen-bond donors (Lipinski definition) is 0. The third-order valence-corrected chi connectivity index (χ3v) is 3.12. The summed E-state index contributed by atoms with van der Waals surface area (Å²) in [5, 5.41) is 0. The molecule has 2 aromatic carbocycles. The highest BCUT2D eigenvalue weighted by Gasteiger charge is 1.97. The second kappa shape index (κ2) is 6.28. The highest BCUT2D eigenvalue weighted by molar-refractivity contribution is 9.10. The Bertz CT molecular complexity index is 549. The van der Waals surface area contributed by atoms with Gasteiger partial charge in [-0.15, -0.1) is 0 Å². The monoisotopic (exact) mass is 299 g/mol. The molecule has 0 amide bonds. The van der Waals surface area contributed by atoms with Crippen LogP contribution >= 0.6 is 15.9 Å². The van der Waals surface area contributed by atoms with E-state index in [1.54, 1.807) is 0 Å². The summed E-state index contributed by atoms with van der Waals surface area (Å²) in [5.74, 6) is 6.33. The highest BCUT2D eigenvalue weighted by atomic mass is 79.9. The first-order valence-electron chi connectivity index (χ1n) is 5.76. The first-order chi connectivity index (χ1) is 8.75. The predicted octanol–water partition coefficient (Wildman–Crippen LogP) is 3.94. The maximum absolute atomic E-state index is 3.43. The molecular weight excluding hydrogens is 286 g/mol. The molecule has 0 saturated heterocycles. The van der Waals surface area contributed by atoms with E-state index in [0.29, 0.717) is 0 Å². The standard InChI is InChI=1S/C16H14BrN/c1-18(16-11-9-15(17)10-12-16)13-5-8-14-6-3-2-4-7-14/h2-4,6-7,9-12H,13H2,1H3. The van der Waals surface area contributed by atoms with Gasteiger partial charge in [-0.2, -0.15) is 0 Å². The van der Waals surface area contributed by atoms with Gasteiger partial charge in [-0.05, 0) is 36.4 Å². The predicted molar refractivity (Wildman–Crippen MR) is 80.7 cm³/mol. The number of anilines is 1. The number of halogens is 1. The molecule has 0 aliphatic rings. The molecule has 0 aliphatic heterocycles. The van der Waals surface area contributed by atoms with Crippen LogP contribution in [0.4, 0.5) is 5.69 Å². The summed E-state index contributed by atoms with van der Waals surface area (Å²) in [6.07, 6.45) is 0. The third-order valence-electron chi connectivity index (χ3n) is 2.59. The maximum Gasteiger partial charge on any atom is 0.0794 e. The Morgan fingerprint density at radius 2 is 1.67 bits per heavy atom. The zero-order valence-corrected chi connectivity index (χ0v) is 11.8. The van der Waals surface area contributed by atoms with Crippen molar-refractivity contribution in [1.29, 1.82) is 0 Å². The molecule has 0 aromatic heterocycles. The minimum absolute atomic E-state index is 0.719. The largest absolute Gasteiger partial charge is 0.363 e. The lowest BCUT2D eigenvalue weighted by Crippen LogP contribution is -2.16. The molecule has 0 atom stereocenters. The fraction of sp³-hybridized carbons (Fsp3) is 0.125. The lowest BCUT2D eigenvalue weighted by molar-refractivity contribution is 1.05. The van der Waals surface area contributed by atoms with Crippen LogP contribution in [0.2, 0.25) is 0 Å². The molecule has 2 heteroatoms. The van der Waals surface area contributed by atoms with Crippen LogP contribution in [-0.4, -0.2) is 13.6 Å². The molecular formula is C16H14BrN. The van der Waals surface area contributed by atoms with Crippen LogP contribution in [0.1, 0.15) is 5.56 Å². The highest BCUT2D eigenvalue weighted by Crippen LogP contribution is 2.16. The van der Waals surface area contributed by atoms with Gasteiger partial charge in [0.15, 0.2) is 0 Å². The molecule has 2 rings (SSSR count). The van der Waals surface area contributed by atoms with E-state index in [1.165, 1.54) is 5.69 Å². The Morgan fingerprint density at radius 3 is 2.33 bits per heavy atom. The summed E-state index contributed by atoms with van der Waals surface area (Å²) in [6, 6.07) is 18.3. The van der Waals surface area contributed by atoms with Crippen molar-refractivity contribution >= 4 is 21.6 Å². The van der Waals surface area contributed by atoms with Crippen LogP contribution in [0.25, 0.3) is 0 Å². The molecule has 2 aromatic rings. The molecule has 0 unspecified atom stereocenters. The summed E-state index contributed by atoms with van der Waals surface area (Å²) in [7, 11) is 2.04. The lowest BCUT2D eigenvalue weighted by Gasteiger charge is -2.15. The zero-order valence-electron chi connectivity index (χ0n) is 10.2. The van der Waals surface area contributed by atoms with Crippen molar-refractivity contribution in [3.05, 3.63) is 64.6 Å². The van der Waals surface area contributed by atoms with E-state index >= 15 is 0 Å². The minimum atomic E-state index is 0.719. The van der Waals surface area contributed by atoms with Gasteiger partial charge in [0.05, 0.1) is 6.54 Å². The van der Waals surface area contributed by atoms with Gasteiger partial charge in [0.25, 0.3) is 0 Å². The Balaban J connectivity index is 1.98. The Morgan fingerprint density at radius 1 is 1.00 bits per heavy atom. The van der Waals surface area contributed by atoms with Gasteiger partial charge in [-0.1, -0.05) is 46.0 Å². The summed E-state index contributed by atoms with van der Waals surface area (Å²) < 4.78 is 1.09. The van der Waals surface area contributed by atoms with Crippen LogP contribution in [0.15, 0.2) is 59.1 Å². The van der Waals surface area contributed by atoms with Gasteiger partial charge in [-0.3, -0.25) is 0 Å². The Hall–Kier alpha value is -1.72. The molecule has 0 saturated carbocycles. The Labute approximate surface area is 117 Å². The zero-order chi connectivity index (χ0) is 12.8. The van der Waals surface area contributed by atoms with E-state index in [-0.39, 0.29) is 0 Å². The molecule has 0 bridgehead atoms. The average Bonchev–Trinajstić information content (AvgIpc) is 2.40. The van der Waals surface area contributed by atoms with Gasteiger partial charge >= 0.3 is 0 Å². The van der Waals surface area contributed by atoms with E-state index in [0.717, 1.165) is 16.6 Å². The maximum atomic E-state index is 3.43. The smallest absolute Gasteiger partial charge is 0.0794 e. The van der Waals surface area contributed by atoms with Gasteiger partial charge in [0.1, 0.15) is 0 Å². The van der Waals surface area contributed by atoms with Crippen LogP contribution in [-0.2, 0) is 0 Å². The molecule has 0 aliphatic carbocycles. The van der Waals surface area contributed by atoms with Crippen LogP contribution < -0.4 is 4.90 Å². The normalized spacial score (nSPS) is 9.44. The quantitative estimate of drug-likeness (QED) is 0.759. The number of benzene rings is 2. The summed E-state index contributed by atoms with van der Waals surface area (Å²) in [4.78, 5) is 2.13. The lowest BCUT2D eigenvalue weighted by atomic mass is 10.2. The molecule has 1 nitrogen and oxygen atoms in total. The molecule has 0 radical (unpaired) electrons. The number of hydrogen-bond acceptors (Lipinski definition) is 1. The number of nitrogens with zero attached hydrogens (tertiary/aromatic N) is 1. The van der Waals surface area contributed by atoms with Gasteiger partial charge in [0.2, 0.25) is 0 Å². The van der Waals surface area contributed by atoms with Crippen LogP contribution in [0.5, 0.6) is 0 Å². The fourth-order valence-electron chi connectivity index (χ4n) is 1.57. The average molecular weight is 300 g/mol. The fourth-order valence-corrected chi connectivity index (χ4v) is 1.83. The molecule has 90 valence electrons. The van der Waals surface area contributed by atoms with Crippen molar-refractivity contribution in [1.82, 2.24) is 0 Å². The third kappa shape index (κ3) is 3.65. The van der Waals surface area contributed by atoms with E-state index in [9.17, 15) is 0 Å². The van der Waals surface area contributed by atoms with Crippen molar-refractivity contribution < 1.29 is 0 Å².